The molecule has 0 amide bonds. The zero-order valence-corrected chi connectivity index (χ0v) is 10.4. The van der Waals surface area contributed by atoms with E-state index in [-0.39, 0.29) is 0 Å². The third kappa shape index (κ3) is 4.49. The second-order valence-electron chi connectivity index (χ2n) is 5.10. The van der Waals surface area contributed by atoms with Crippen LogP contribution in [0.3, 0.4) is 0 Å². The van der Waals surface area contributed by atoms with Crippen LogP contribution in [0.2, 0.25) is 0 Å². The van der Waals surface area contributed by atoms with Crippen molar-refractivity contribution in [1.29, 1.82) is 0 Å². The summed E-state index contributed by atoms with van der Waals surface area (Å²) in [7, 11) is 0. The van der Waals surface area contributed by atoms with Crippen molar-refractivity contribution in [2.45, 2.75) is 51.7 Å². The van der Waals surface area contributed by atoms with Gasteiger partial charge in [-0.15, -0.1) is 0 Å². The molecule has 15 heavy (non-hydrogen) atoms. The lowest BCUT2D eigenvalue weighted by molar-refractivity contribution is -0.0209. The Bertz CT molecular complexity index is 174. The standard InChI is InChI=1S/C12H26N2O/c1-4-7-14-8-5-12(15,6-9-14)10-13-11(2)3/h11,13,15H,4-10H2,1-3H3. The number of hydrogen-bond donors (Lipinski definition) is 2. The van der Waals surface area contributed by atoms with Gasteiger partial charge in [-0.05, 0) is 25.8 Å². The highest BCUT2D eigenvalue weighted by Gasteiger charge is 2.31. The topological polar surface area (TPSA) is 35.5 Å². The molecule has 0 radical (unpaired) electrons. The van der Waals surface area contributed by atoms with E-state index in [0.29, 0.717) is 6.04 Å². The van der Waals surface area contributed by atoms with Crippen LogP contribution < -0.4 is 5.32 Å². The molecule has 0 unspecified atom stereocenters. The second-order valence-corrected chi connectivity index (χ2v) is 5.10. The summed E-state index contributed by atoms with van der Waals surface area (Å²) in [6, 6.07) is 0.461. The molecule has 0 aromatic rings. The molecule has 1 aliphatic rings. The van der Waals surface area contributed by atoms with Crippen molar-refractivity contribution in [3.05, 3.63) is 0 Å². The molecule has 1 heterocycles. The Morgan fingerprint density at radius 1 is 1.33 bits per heavy atom. The lowest BCUT2D eigenvalue weighted by atomic mass is 9.91. The first-order valence-electron chi connectivity index (χ1n) is 6.24. The third-order valence-corrected chi connectivity index (χ3v) is 3.17. The van der Waals surface area contributed by atoms with E-state index in [4.69, 9.17) is 0 Å². The van der Waals surface area contributed by atoms with Crippen molar-refractivity contribution in [2.24, 2.45) is 0 Å². The number of likely N-dealkylation sites (tertiary alicyclic amines) is 1. The maximum absolute atomic E-state index is 10.3. The van der Waals surface area contributed by atoms with Gasteiger partial charge in [-0.1, -0.05) is 20.8 Å². The van der Waals surface area contributed by atoms with Gasteiger partial charge in [0.15, 0.2) is 0 Å². The summed E-state index contributed by atoms with van der Waals surface area (Å²) in [5.41, 5.74) is -0.464. The van der Waals surface area contributed by atoms with E-state index in [1.807, 2.05) is 0 Å². The van der Waals surface area contributed by atoms with Crippen molar-refractivity contribution in [2.75, 3.05) is 26.2 Å². The van der Waals surface area contributed by atoms with E-state index in [1.54, 1.807) is 0 Å². The number of nitrogens with zero attached hydrogens (tertiary/aromatic N) is 1. The summed E-state index contributed by atoms with van der Waals surface area (Å²) in [5.74, 6) is 0. The molecule has 1 saturated heterocycles. The fourth-order valence-corrected chi connectivity index (χ4v) is 2.08. The molecule has 0 aliphatic carbocycles. The van der Waals surface area contributed by atoms with Crippen molar-refractivity contribution in [1.82, 2.24) is 10.2 Å². The van der Waals surface area contributed by atoms with Crippen molar-refractivity contribution >= 4 is 0 Å². The quantitative estimate of drug-likeness (QED) is 0.722. The van der Waals surface area contributed by atoms with Gasteiger partial charge < -0.3 is 15.3 Å². The van der Waals surface area contributed by atoms with Gasteiger partial charge in [-0.3, -0.25) is 0 Å². The van der Waals surface area contributed by atoms with E-state index < -0.39 is 5.60 Å². The maximum atomic E-state index is 10.3. The predicted octanol–water partition coefficient (Wildman–Crippen LogP) is 1.22. The summed E-state index contributed by atoms with van der Waals surface area (Å²) in [5, 5.41) is 13.7. The number of nitrogens with one attached hydrogen (secondary N) is 1. The Morgan fingerprint density at radius 3 is 2.40 bits per heavy atom. The van der Waals surface area contributed by atoms with E-state index >= 15 is 0 Å². The smallest absolute Gasteiger partial charge is 0.0796 e. The molecule has 0 aromatic carbocycles. The maximum Gasteiger partial charge on any atom is 0.0796 e. The molecule has 0 aromatic heterocycles. The van der Waals surface area contributed by atoms with Crippen LogP contribution in [0.1, 0.15) is 40.0 Å². The third-order valence-electron chi connectivity index (χ3n) is 3.17. The first-order valence-corrected chi connectivity index (χ1v) is 6.24. The lowest BCUT2D eigenvalue weighted by Crippen LogP contribution is -2.51. The predicted molar refractivity (Wildman–Crippen MR) is 64.1 cm³/mol. The van der Waals surface area contributed by atoms with Crippen LogP contribution in [-0.4, -0.2) is 47.8 Å². The molecule has 2 N–H and O–H groups in total. The number of aliphatic hydroxyl groups is 1. The molecule has 1 rings (SSSR count). The fourth-order valence-electron chi connectivity index (χ4n) is 2.08. The minimum Gasteiger partial charge on any atom is -0.388 e. The molecule has 0 spiro atoms. The zero-order valence-electron chi connectivity index (χ0n) is 10.4. The summed E-state index contributed by atoms with van der Waals surface area (Å²) in [4.78, 5) is 2.45. The van der Waals surface area contributed by atoms with Crippen LogP contribution in [0.4, 0.5) is 0 Å². The highest BCUT2D eigenvalue weighted by atomic mass is 16.3. The van der Waals surface area contributed by atoms with Crippen molar-refractivity contribution < 1.29 is 5.11 Å². The average Bonchev–Trinajstić information content (AvgIpc) is 2.20. The van der Waals surface area contributed by atoms with Gasteiger partial charge >= 0.3 is 0 Å². The number of rotatable bonds is 5. The summed E-state index contributed by atoms with van der Waals surface area (Å²) in [6.07, 6.45) is 3.03. The van der Waals surface area contributed by atoms with Crippen molar-refractivity contribution in [3.63, 3.8) is 0 Å². The molecule has 1 aliphatic heterocycles. The molecule has 3 heteroatoms. The van der Waals surface area contributed by atoms with Gasteiger partial charge in [-0.25, -0.2) is 0 Å². The fraction of sp³-hybridized carbons (Fsp3) is 1.00. The van der Waals surface area contributed by atoms with Crippen LogP contribution >= 0.6 is 0 Å². The van der Waals surface area contributed by atoms with Crippen LogP contribution in [0.5, 0.6) is 0 Å². The summed E-state index contributed by atoms with van der Waals surface area (Å²) >= 11 is 0. The number of piperidine rings is 1. The Kier molecular flexibility index (Phi) is 5.03. The minimum absolute atomic E-state index is 0.461. The van der Waals surface area contributed by atoms with Crippen LogP contribution in [0.15, 0.2) is 0 Å². The zero-order chi connectivity index (χ0) is 11.3. The normalized spacial score (nSPS) is 22.2. The first-order chi connectivity index (χ1) is 7.06. The van der Waals surface area contributed by atoms with E-state index in [9.17, 15) is 5.11 Å². The van der Waals surface area contributed by atoms with Gasteiger partial charge in [-0.2, -0.15) is 0 Å². The van der Waals surface area contributed by atoms with Crippen LogP contribution in [0, 0.1) is 0 Å². The number of hydrogen-bond acceptors (Lipinski definition) is 3. The monoisotopic (exact) mass is 214 g/mol. The molecule has 0 saturated carbocycles. The SMILES string of the molecule is CCCN1CCC(O)(CNC(C)C)CC1. The molecule has 1 fully saturated rings. The highest BCUT2D eigenvalue weighted by molar-refractivity contribution is 4.87. The Balaban J connectivity index is 2.27. The van der Waals surface area contributed by atoms with Gasteiger partial charge in [0.05, 0.1) is 5.60 Å². The Hall–Kier alpha value is -0.120. The van der Waals surface area contributed by atoms with Gasteiger partial charge in [0.2, 0.25) is 0 Å². The van der Waals surface area contributed by atoms with Crippen LogP contribution in [0.25, 0.3) is 0 Å². The van der Waals surface area contributed by atoms with Gasteiger partial charge in [0, 0.05) is 25.7 Å². The Labute approximate surface area is 93.9 Å². The molecule has 3 nitrogen and oxygen atoms in total. The van der Waals surface area contributed by atoms with E-state index in [2.05, 4.69) is 31.0 Å². The Morgan fingerprint density at radius 2 is 1.93 bits per heavy atom. The molecule has 0 atom stereocenters. The van der Waals surface area contributed by atoms with Gasteiger partial charge in [0.25, 0.3) is 0 Å². The van der Waals surface area contributed by atoms with Crippen LogP contribution in [-0.2, 0) is 0 Å². The molecule has 0 bridgehead atoms. The first kappa shape index (κ1) is 12.9. The highest BCUT2D eigenvalue weighted by Crippen LogP contribution is 2.21. The summed E-state index contributed by atoms with van der Waals surface area (Å²) in [6.45, 7) is 10.5. The summed E-state index contributed by atoms with van der Waals surface area (Å²) < 4.78 is 0. The molecular formula is C12H26N2O. The molecular weight excluding hydrogens is 188 g/mol. The largest absolute Gasteiger partial charge is 0.388 e. The minimum atomic E-state index is -0.464. The second kappa shape index (κ2) is 5.83. The van der Waals surface area contributed by atoms with E-state index in [1.165, 1.54) is 13.0 Å². The van der Waals surface area contributed by atoms with Gasteiger partial charge in [0.1, 0.15) is 0 Å². The molecule has 90 valence electrons. The van der Waals surface area contributed by atoms with Crippen molar-refractivity contribution in [3.8, 4) is 0 Å². The average molecular weight is 214 g/mol. The lowest BCUT2D eigenvalue weighted by Gasteiger charge is -2.38. The van der Waals surface area contributed by atoms with E-state index in [0.717, 1.165) is 32.5 Å².